The summed E-state index contributed by atoms with van der Waals surface area (Å²) in [5.41, 5.74) is 6.27. The average Bonchev–Trinajstić information content (AvgIpc) is 2.63. The number of unbranched alkanes of at least 4 members (excludes halogenated alkanes) is 1. The molecule has 0 saturated carbocycles. The van der Waals surface area contributed by atoms with E-state index in [9.17, 15) is 4.79 Å². The van der Waals surface area contributed by atoms with Gasteiger partial charge in [-0.1, -0.05) is 0 Å². The van der Waals surface area contributed by atoms with Crippen LogP contribution in [0.1, 0.15) is 24.8 Å². The minimum Gasteiger partial charge on any atom is -0.370 e. The first kappa shape index (κ1) is 10.8. The Hall–Kier alpha value is -1.29. The number of aromatic amines is 1. The van der Waals surface area contributed by atoms with E-state index in [1.54, 1.807) is 0 Å². The summed E-state index contributed by atoms with van der Waals surface area (Å²) in [7, 11) is 0. The Morgan fingerprint density at radius 3 is 3.00 bits per heavy atom. The number of nitrogens with two attached hydrogens (primary N) is 1. The zero-order valence-electron chi connectivity index (χ0n) is 8.25. The van der Waals surface area contributed by atoms with Crippen LogP contribution >= 0.6 is 0 Å². The van der Waals surface area contributed by atoms with Gasteiger partial charge in [0.05, 0.1) is 0 Å². The molecule has 14 heavy (non-hydrogen) atoms. The topological polar surface area (TPSA) is 70.9 Å². The van der Waals surface area contributed by atoms with Crippen molar-refractivity contribution in [2.24, 2.45) is 5.73 Å². The Balaban J connectivity index is 1.92. The molecule has 4 N–H and O–H groups in total. The molecule has 0 atom stereocenters. The highest BCUT2D eigenvalue weighted by Gasteiger charge is 1.94. The molecular formula is C10H17N3O. The van der Waals surface area contributed by atoms with Crippen LogP contribution in [0.5, 0.6) is 0 Å². The molecule has 0 aliphatic carbocycles. The fraction of sp³-hybridized carbons (Fsp3) is 0.500. The molecule has 78 valence electrons. The molecule has 0 aliphatic rings. The smallest absolute Gasteiger partial charge is 0.217 e. The van der Waals surface area contributed by atoms with Crippen LogP contribution in [0.4, 0.5) is 0 Å². The van der Waals surface area contributed by atoms with E-state index in [0.717, 1.165) is 25.9 Å². The maximum Gasteiger partial charge on any atom is 0.217 e. The van der Waals surface area contributed by atoms with Crippen LogP contribution < -0.4 is 11.1 Å². The third-order valence-electron chi connectivity index (χ3n) is 2.02. The lowest BCUT2D eigenvalue weighted by Gasteiger charge is -2.01. The number of carbonyl (C=O) groups is 1. The predicted octanol–water partition coefficient (Wildman–Crippen LogP) is 0.760. The lowest BCUT2D eigenvalue weighted by Crippen LogP contribution is -2.15. The number of H-pyrrole nitrogens is 1. The highest BCUT2D eigenvalue weighted by atomic mass is 16.1. The number of aromatic nitrogens is 1. The quantitative estimate of drug-likeness (QED) is 0.562. The van der Waals surface area contributed by atoms with Crippen molar-refractivity contribution in [3.05, 3.63) is 24.0 Å². The second-order valence-corrected chi connectivity index (χ2v) is 3.32. The molecule has 1 aromatic heterocycles. The summed E-state index contributed by atoms with van der Waals surface area (Å²) < 4.78 is 0. The monoisotopic (exact) mass is 195 g/mol. The summed E-state index contributed by atoms with van der Waals surface area (Å²) in [6, 6.07) is 2.04. The molecule has 4 nitrogen and oxygen atoms in total. The van der Waals surface area contributed by atoms with E-state index in [2.05, 4.69) is 10.3 Å². The molecule has 0 saturated heterocycles. The molecular weight excluding hydrogens is 178 g/mol. The van der Waals surface area contributed by atoms with Crippen molar-refractivity contribution >= 4 is 5.91 Å². The normalized spacial score (nSPS) is 10.3. The molecule has 4 heteroatoms. The molecule has 0 aromatic carbocycles. The van der Waals surface area contributed by atoms with Crippen LogP contribution in [-0.4, -0.2) is 17.4 Å². The van der Waals surface area contributed by atoms with Crippen molar-refractivity contribution in [2.45, 2.75) is 25.8 Å². The fourth-order valence-corrected chi connectivity index (χ4v) is 1.25. The summed E-state index contributed by atoms with van der Waals surface area (Å²) in [5, 5.41) is 3.29. The fourth-order valence-electron chi connectivity index (χ4n) is 1.25. The van der Waals surface area contributed by atoms with Gasteiger partial charge in [-0.05, 0) is 31.0 Å². The van der Waals surface area contributed by atoms with Crippen LogP contribution in [-0.2, 0) is 11.3 Å². The van der Waals surface area contributed by atoms with Gasteiger partial charge in [-0.25, -0.2) is 0 Å². The Kier molecular flexibility index (Phi) is 4.78. The van der Waals surface area contributed by atoms with Gasteiger partial charge in [-0.2, -0.15) is 0 Å². The van der Waals surface area contributed by atoms with Crippen LogP contribution in [0, 0.1) is 0 Å². The van der Waals surface area contributed by atoms with Crippen molar-refractivity contribution in [1.29, 1.82) is 0 Å². The number of rotatable bonds is 7. The number of hydrogen-bond donors (Lipinski definition) is 3. The summed E-state index contributed by atoms with van der Waals surface area (Å²) in [6.45, 7) is 1.80. The van der Waals surface area contributed by atoms with Crippen molar-refractivity contribution < 1.29 is 4.79 Å². The molecule has 0 unspecified atom stereocenters. The third-order valence-corrected chi connectivity index (χ3v) is 2.02. The Labute approximate surface area is 83.9 Å². The average molecular weight is 195 g/mol. The van der Waals surface area contributed by atoms with Gasteiger partial charge in [0, 0.05) is 25.4 Å². The van der Waals surface area contributed by atoms with Crippen molar-refractivity contribution in [3.8, 4) is 0 Å². The van der Waals surface area contributed by atoms with Gasteiger partial charge in [-0.3, -0.25) is 4.79 Å². The summed E-state index contributed by atoms with van der Waals surface area (Å²) >= 11 is 0. The van der Waals surface area contributed by atoms with Gasteiger partial charge in [-0.15, -0.1) is 0 Å². The van der Waals surface area contributed by atoms with Gasteiger partial charge in [0.25, 0.3) is 0 Å². The first-order valence-electron chi connectivity index (χ1n) is 4.90. The van der Waals surface area contributed by atoms with Gasteiger partial charge in [0.2, 0.25) is 5.91 Å². The summed E-state index contributed by atoms with van der Waals surface area (Å²) in [4.78, 5) is 13.4. The maximum atomic E-state index is 10.4. The summed E-state index contributed by atoms with van der Waals surface area (Å²) in [6.07, 6.45) is 6.23. The van der Waals surface area contributed by atoms with E-state index in [-0.39, 0.29) is 5.91 Å². The zero-order valence-corrected chi connectivity index (χ0v) is 8.25. The Morgan fingerprint density at radius 1 is 1.50 bits per heavy atom. The van der Waals surface area contributed by atoms with Crippen molar-refractivity contribution in [2.75, 3.05) is 6.54 Å². The van der Waals surface area contributed by atoms with Crippen LogP contribution in [0.25, 0.3) is 0 Å². The highest BCUT2D eigenvalue weighted by molar-refractivity contribution is 5.73. The van der Waals surface area contributed by atoms with E-state index >= 15 is 0 Å². The highest BCUT2D eigenvalue weighted by Crippen LogP contribution is 1.96. The van der Waals surface area contributed by atoms with E-state index < -0.39 is 0 Å². The number of hydrogen-bond acceptors (Lipinski definition) is 2. The van der Waals surface area contributed by atoms with E-state index in [4.69, 9.17) is 5.73 Å². The number of nitrogens with one attached hydrogen (secondary N) is 2. The summed E-state index contributed by atoms with van der Waals surface area (Å²) in [5.74, 6) is -0.212. The second kappa shape index (κ2) is 6.21. The number of amides is 1. The standard InChI is InChI=1S/C10H17N3O/c11-10(14)3-1-2-5-12-7-9-4-6-13-8-9/h4,6,8,12-13H,1-3,5,7H2,(H2,11,14). The molecule has 0 fully saturated rings. The second-order valence-electron chi connectivity index (χ2n) is 3.32. The van der Waals surface area contributed by atoms with Gasteiger partial charge >= 0.3 is 0 Å². The molecule has 1 rings (SSSR count). The minimum absolute atomic E-state index is 0.212. The van der Waals surface area contributed by atoms with Gasteiger partial charge in [0.1, 0.15) is 0 Å². The number of carbonyl (C=O) groups excluding carboxylic acids is 1. The molecule has 1 amide bonds. The zero-order chi connectivity index (χ0) is 10.2. The van der Waals surface area contributed by atoms with Crippen molar-refractivity contribution in [1.82, 2.24) is 10.3 Å². The Bertz CT molecular complexity index is 256. The largest absolute Gasteiger partial charge is 0.370 e. The van der Waals surface area contributed by atoms with E-state index in [1.807, 2.05) is 18.5 Å². The lowest BCUT2D eigenvalue weighted by molar-refractivity contribution is -0.118. The molecule has 0 bridgehead atoms. The van der Waals surface area contributed by atoms with Gasteiger partial charge < -0.3 is 16.0 Å². The Morgan fingerprint density at radius 2 is 2.36 bits per heavy atom. The first-order valence-corrected chi connectivity index (χ1v) is 4.90. The molecule has 1 aromatic rings. The third kappa shape index (κ3) is 4.67. The van der Waals surface area contributed by atoms with E-state index in [1.165, 1.54) is 5.56 Å². The lowest BCUT2D eigenvalue weighted by atomic mass is 10.2. The molecule has 0 aliphatic heterocycles. The first-order chi connectivity index (χ1) is 6.79. The molecule has 1 heterocycles. The number of primary amides is 1. The van der Waals surface area contributed by atoms with Crippen LogP contribution in [0.15, 0.2) is 18.5 Å². The van der Waals surface area contributed by atoms with E-state index in [0.29, 0.717) is 6.42 Å². The van der Waals surface area contributed by atoms with Crippen molar-refractivity contribution in [3.63, 3.8) is 0 Å². The van der Waals surface area contributed by atoms with Gasteiger partial charge in [0.15, 0.2) is 0 Å². The predicted molar refractivity (Wildman–Crippen MR) is 55.5 cm³/mol. The van der Waals surface area contributed by atoms with Crippen LogP contribution in [0.3, 0.4) is 0 Å². The van der Waals surface area contributed by atoms with Crippen LogP contribution in [0.2, 0.25) is 0 Å². The maximum absolute atomic E-state index is 10.4. The SMILES string of the molecule is NC(=O)CCCCNCc1cc[nH]c1. The molecule has 0 radical (unpaired) electrons. The minimum atomic E-state index is -0.212. The molecule has 0 spiro atoms.